The van der Waals surface area contributed by atoms with Crippen LogP contribution in [0.25, 0.3) is 10.9 Å². The third-order valence-electron chi connectivity index (χ3n) is 3.83. The van der Waals surface area contributed by atoms with E-state index in [-0.39, 0.29) is 0 Å². The molecule has 0 saturated carbocycles. The second-order valence-corrected chi connectivity index (χ2v) is 5.27. The van der Waals surface area contributed by atoms with E-state index in [0.29, 0.717) is 0 Å². The molecule has 2 aromatic heterocycles. The van der Waals surface area contributed by atoms with Gasteiger partial charge in [0.25, 0.3) is 0 Å². The van der Waals surface area contributed by atoms with Crippen molar-refractivity contribution in [3.63, 3.8) is 0 Å². The summed E-state index contributed by atoms with van der Waals surface area (Å²) in [6, 6.07) is 12.5. The van der Waals surface area contributed by atoms with Gasteiger partial charge in [-0.2, -0.15) is 0 Å². The van der Waals surface area contributed by atoms with Gasteiger partial charge < -0.3 is 9.88 Å². The Bertz CT molecular complexity index is 729. The third-order valence-corrected chi connectivity index (χ3v) is 3.83. The van der Waals surface area contributed by atoms with Crippen molar-refractivity contribution in [2.75, 3.05) is 11.9 Å². The standard InChI is InChI=1S/C17H19N3/c1-12-13(2)19-16-15(12)9-10-18-17(16)20(3)11-14-7-5-4-6-8-14/h4-10,19H,11H2,1-3H3. The molecule has 0 aliphatic heterocycles. The fourth-order valence-electron chi connectivity index (χ4n) is 2.59. The average molecular weight is 265 g/mol. The number of fused-ring (bicyclic) bond motifs is 1. The number of hydrogen-bond donors (Lipinski definition) is 1. The molecular weight excluding hydrogens is 246 g/mol. The number of benzene rings is 1. The molecule has 2 heterocycles. The van der Waals surface area contributed by atoms with Crippen LogP contribution in [0.4, 0.5) is 5.82 Å². The van der Waals surface area contributed by atoms with E-state index in [1.807, 2.05) is 12.3 Å². The van der Waals surface area contributed by atoms with E-state index in [2.05, 4.69) is 66.1 Å². The van der Waals surface area contributed by atoms with E-state index in [0.717, 1.165) is 17.9 Å². The fraction of sp³-hybridized carbons (Fsp3) is 0.235. The van der Waals surface area contributed by atoms with E-state index in [1.54, 1.807) is 0 Å². The number of H-pyrrole nitrogens is 1. The summed E-state index contributed by atoms with van der Waals surface area (Å²) in [5.74, 6) is 1.00. The Morgan fingerprint density at radius 1 is 1.10 bits per heavy atom. The van der Waals surface area contributed by atoms with Gasteiger partial charge in [0.2, 0.25) is 0 Å². The monoisotopic (exact) mass is 265 g/mol. The summed E-state index contributed by atoms with van der Waals surface area (Å²) in [4.78, 5) is 10.2. The van der Waals surface area contributed by atoms with Crippen LogP contribution in [0, 0.1) is 13.8 Å². The maximum Gasteiger partial charge on any atom is 0.152 e. The molecule has 0 fully saturated rings. The highest BCUT2D eigenvalue weighted by Crippen LogP contribution is 2.28. The van der Waals surface area contributed by atoms with Gasteiger partial charge in [-0.25, -0.2) is 4.98 Å². The quantitative estimate of drug-likeness (QED) is 0.780. The zero-order chi connectivity index (χ0) is 14.1. The Hall–Kier alpha value is -2.29. The summed E-state index contributed by atoms with van der Waals surface area (Å²) >= 11 is 0. The van der Waals surface area contributed by atoms with Crippen LogP contribution < -0.4 is 4.90 Å². The lowest BCUT2D eigenvalue weighted by Gasteiger charge is -2.19. The predicted molar refractivity (Wildman–Crippen MR) is 84.1 cm³/mol. The van der Waals surface area contributed by atoms with E-state index in [4.69, 9.17) is 0 Å². The van der Waals surface area contributed by atoms with Crippen molar-refractivity contribution in [3.8, 4) is 0 Å². The first-order chi connectivity index (χ1) is 9.66. The molecule has 0 atom stereocenters. The van der Waals surface area contributed by atoms with Crippen LogP contribution in [0.2, 0.25) is 0 Å². The summed E-state index contributed by atoms with van der Waals surface area (Å²) in [6.07, 6.45) is 1.89. The number of pyridine rings is 1. The normalized spacial score (nSPS) is 10.9. The Balaban J connectivity index is 1.99. The minimum absolute atomic E-state index is 0.851. The largest absolute Gasteiger partial charge is 0.355 e. The van der Waals surface area contributed by atoms with Gasteiger partial charge in [0.1, 0.15) is 0 Å². The van der Waals surface area contributed by atoms with Crippen LogP contribution in [-0.4, -0.2) is 17.0 Å². The zero-order valence-corrected chi connectivity index (χ0v) is 12.1. The lowest BCUT2D eigenvalue weighted by molar-refractivity contribution is 0.902. The van der Waals surface area contributed by atoms with E-state index >= 15 is 0 Å². The molecule has 0 amide bonds. The fourth-order valence-corrected chi connectivity index (χ4v) is 2.59. The van der Waals surface area contributed by atoms with Crippen molar-refractivity contribution in [3.05, 3.63) is 59.4 Å². The minimum atomic E-state index is 0.851. The van der Waals surface area contributed by atoms with Crippen LogP contribution >= 0.6 is 0 Å². The SMILES string of the molecule is Cc1[nH]c2c(N(C)Cc3ccccc3)nccc2c1C. The Labute approximate surface area is 119 Å². The minimum Gasteiger partial charge on any atom is -0.355 e. The van der Waals surface area contributed by atoms with Crippen molar-refractivity contribution >= 4 is 16.7 Å². The number of rotatable bonds is 3. The first-order valence-corrected chi connectivity index (χ1v) is 6.86. The van der Waals surface area contributed by atoms with Gasteiger partial charge in [0.05, 0.1) is 5.52 Å². The second kappa shape index (κ2) is 5.00. The first kappa shape index (κ1) is 12.7. The molecule has 0 saturated heterocycles. The Morgan fingerprint density at radius 3 is 2.60 bits per heavy atom. The molecule has 0 radical (unpaired) electrons. The molecule has 1 aromatic carbocycles. The summed E-state index contributed by atoms with van der Waals surface area (Å²) in [7, 11) is 2.08. The summed E-state index contributed by atoms with van der Waals surface area (Å²) in [5, 5.41) is 1.26. The molecule has 0 unspecified atom stereocenters. The predicted octanol–water partition coefficient (Wildman–Crippen LogP) is 3.82. The van der Waals surface area contributed by atoms with Crippen LogP contribution in [0.5, 0.6) is 0 Å². The third kappa shape index (κ3) is 2.16. The molecule has 0 aliphatic carbocycles. The smallest absolute Gasteiger partial charge is 0.152 e. The molecule has 1 N–H and O–H groups in total. The van der Waals surface area contributed by atoms with Crippen molar-refractivity contribution < 1.29 is 0 Å². The van der Waals surface area contributed by atoms with Crippen LogP contribution in [0.3, 0.4) is 0 Å². The molecule has 3 rings (SSSR count). The molecule has 3 nitrogen and oxygen atoms in total. The molecule has 102 valence electrons. The van der Waals surface area contributed by atoms with Gasteiger partial charge in [0.15, 0.2) is 5.82 Å². The molecular formula is C17H19N3. The molecule has 3 heteroatoms. The van der Waals surface area contributed by atoms with E-state index in [9.17, 15) is 0 Å². The highest BCUT2D eigenvalue weighted by atomic mass is 15.2. The zero-order valence-electron chi connectivity index (χ0n) is 12.1. The topological polar surface area (TPSA) is 31.9 Å². The van der Waals surface area contributed by atoms with E-state index in [1.165, 1.54) is 22.2 Å². The molecule has 0 bridgehead atoms. The number of aryl methyl sites for hydroxylation is 2. The number of hydrogen-bond acceptors (Lipinski definition) is 2. The number of nitrogens with zero attached hydrogens (tertiary/aromatic N) is 2. The number of aromatic amines is 1. The van der Waals surface area contributed by atoms with E-state index < -0.39 is 0 Å². The first-order valence-electron chi connectivity index (χ1n) is 6.86. The highest BCUT2D eigenvalue weighted by Gasteiger charge is 2.12. The summed E-state index contributed by atoms with van der Waals surface area (Å²) < 4.78 is 0. The van der Waals surface area contributed by atoms with Gasteiger partial charge in [-0.05, 0) is 31.0 Å². The number of nitrogens with one attached hydrogen (secondary N) is 1. The van der Waals surface area contributed by atoms with Gasteiger partial charge in [-0.3, -0.25) is 0 Å². The lowest BCUT2D eigenvalue weighted by Crippen LogP contribution is -2.17. The molecule has 0 aliphatic rings. The molecule has 3 aromatic rings. The highest BCUT2D eigenvalue weighted by molar-refractivity contribution is 5.92. The molecule has 20 heavy (non-hydrogen) atoms. The van der Waals surface area contributed by atoms with Crippen molar-refractivity contribution in [2.45, 2.75) is 20.4 Å². The molecule has 0 spiro atoms. The number of aromatic nitrogens is 2. The number of anilines is 1. The van der Waals surface area contributed by atoms with Crippen LogP contribution in [0.1, 0.15) is 16.8 Å². The average Bonchev–Trinajstić information content (AvgIpc) is 2.75. The van der Waals surface area contributed by atoms with Gasteiger partial charge in [-0.1, -0.05) is 30.3 Å². The lowest BCUT2D eigenvalue weighted by atomic mass is 10.2. The van der Waals surface area contributed by atoms with Crippen LogP contribution in [-0.2, 0) is 6.54 Å². The van der Waals surface area contributed by atoms with Gasteiger partial charge in [-0.15, -0.1) is 0 Å². The maximum atomic E-state index is 4.55. The van der Waals surface area contributed by atoms with Gasteiger partial charge in [0, 0.05) is 30.9 Å². The second-order valence-electron chi connectivity index (χ2n) is 5.27. The Kier molecular flexibility index (Phi) is 3.18. The van der Waals surface area contributed by atoms with Gasteiger partial charge >= 0.3 is 0 Å². The van der Waals surface area contributed by atoms with Crippen molar-refractivity contribution in [1.29, 1.82) is 0 Å². The maximum absolute atomic E-state index is 4.55. The summed E-state index contributed by atoms with van der Waals surface area (Å²) in [6.45, 7) is 5.11. The Morgan fingerprint density at radius 2 is 1.85 bits per heavy atom. The van der Waals surface area contributed by atoms with Crippen molar-refractivity contribution in [1.82, 2.24) is 9.97 Å². The van der Waals surface area contributed by atoms with Crippen LogP contribution in [0.15, 0.2) is 42.6 Å². The van der Waals surface area contributed by atoms with Crippen molar-refractivity contribution in [2.24, 2.45) is 0 Å². The summed E-state index contributed by atoms with van der Waals surface area (Å²) in [5.41, 5.74) is 4.92.